The second-order valence-electron chi connectivity index (χ2n) is 7.13. The van der Waals surface area contributed by atoms with Crippen molar-refractivity contribution in [3.63, 3.8) is 0 Å². The molecule has 0 unspecified atom stereocenters. The van der Waals surface area contributed by atoms with Crippen molar-refractivity contribution in [1.29, 1.82) is 0 Å². The number of fused-ring (bicyclic) bond motifs is 1. The van der Waals surface area contributed by atoms with Gasteiger partial charge in [-0.1, -0.05) is 6.92 Å². The molecule has 1 amide bonds. The number of amides is 1. The van der Waals surface area contributed by atoms with Gasteiger partial charge in [0.25, 0.3) is 5.91 Å². The summed E-state index contributed by atoms with van der Waals surface area (Å²) in [5.74, 6) is -0.144. The van der Waals surface area contributed by atoms with Crippen LogP contribution in [-0.2, 0) is 6.42 Å². The Kier molecular flexibility index (Phi) is 5.37. The summed E-state index contributed by atoms with van der Waals surface area (Å²) in [5, 5.41) is 3.03. The molecule has 3 heterocycles. The summed E-state index contributed by atoms with van der Waals surface area (Å²) in [4.78, 5) is 22.3. The predicted octanol–water partition coefficient (Wildman–Crippen LogP) is 3.66. The van der Waals surface area contributed by atoms with E-state index in [0.29, 0.717) is 12.1 Å². The zero-order valence-corrected chi connectivity index (χ0v) is 17.7. The molecule has 1 aliphatic heterocycles. The van der Waals surface area contributed by atoms with Crippen molar-refractivity contribution in [3.8, 4) is 0 Å². The van der Waals surface area contributed by atoms with Gasteiger partial charge >= 0.3 is 0 Å². The fourth-order valence-corrected chi connectivity index (χ4v) is 3.90. The van der Waals surface area contributed by atoms with Crippen molar-refractivity contribution >= 4 is 38.9 Å². The molecule has 1 fully saturated rings. The number of rotatable bonds is 4. The van der Waals surface area contributed by atoms with Crippen LogP contribution in [-0.4, -0.2) is 53.4 Å². The molecule has 0 radical (unpaired) electrons. The smallest absolute Gasteiger partial charge is 0.274 e. The molecule has 1 N–H and O–H groups in total. The highest BCUT2D eigenvalue weighted by molar-refractivity contribution is 9.10. The molecule has 1 aromatic carbocycles. The van der Waals surface area contributed by atoms with Crippen molar-refractivity contribution in [3.05, 3.63) is 58.5 Å². The second-order valence-corrected chi connectivity index (χ2v) is 8.04. The summed E-state index contributed by atoms with van der Waals surface area (Å²) in [5.41, 5.74) is 4.14. The summed E-state index contributed by atoms with van der Waals surface area (Å²) in [6, 6.07) is 11.9. The molecule has 0 saturated carbocycles. The number of hydrogen-bond acceptors (Lipinski definition) is 4. The lowest BCUT2D eigenvalue weighted by molar-refractivity contribution is 0.102. The Hall–Kier alpha value is -2.38. The number of likely N-dealkylation sites (N-methyl/N-ethyl adjacent to an activating group) is 1. The average molecular weight is 442 g/mol. The number of anilines is 2. The lowest BCUT2D eigenvalue weighted by atomic mass is 10.2. The van der Waals surface area contributed by atoms with Gasteiger partial charge in [-0.3, -0.25) is 9.20 Å². The maximum atomic E-state index is 13.0. The van der Waals surface area contributed by atoms with Gasteiger partial charge in [0.1, 0.15) is 11.3 Å². The van der Waals surface area contributed by atoms with E-state index in [1.165, 1.54) is 5.69 Å². The first kappa shape index (κ1) is 19.0. The number of nitrogens with one attached hydrogen (secondary N) is 1. The van der Waals surface area contributed by atoms with Crippen LogP contribution in [0.5, 0.6) is 0 Å². The molecule has 0 aliphatic carbocycles. The molecule has 0 bridgehead atoms. The molecule has 1 aliphatic rings. The van der Waals surface area contributed by atoms with Crippen LogP contribution in [0.1, 0.15) is 23.1 Å². The van der Waals surface area contributed by atoms with E-state index < -0.39 is 0 Å². The van der Waals surface area contributed by atoms with Crippen molar-refractivity contribution in [2.45, 2.75) is 13.3 Å². The average Bonchev–Trinajstić information content (AvgIpc) is 3.07. The van der Waals surface area contributed by atoms with Crippen LogP contribution in [0.3, 0.4) is 0 Å². The Balaban J connectivity index is 1.54. The Labute approximate surface area is 173 Å². The Morgan fingerprint density at radius 1 is 1.11 bits per heavy atom. The van der Waals surface area contributed by atoms with Crippen LogP contribution in [0, 0.1) is 0 Å². The molecule has 3 aromatic rings. The van der Waals surface area contributed by atoms with E-state index in [4.69, 9.17) is 0 Å². The van der Waals surface area contributed by atoms with E-state index in [9.17, 15) is 4.79 Å². The SMILES string of the molecule is CCc1nc2ccc(Br)cn2c1C(=O)Nc1ccc(N2CCN(C)CC2)cc1. The number of aromatic nitrogens is 2. The lowest BCUT2D eigenvalue weighted by Crippen LogP contribution is -2.44. The van der Waals surface area contributed by atoms with Crippen molar-refractivity contribution in [1.82, 2.24) is 14.3 Å². The first-order valence-corrected chi connectivity index (χ1v) is 10.4. The molecule has 6 nitrogen and oxygen atoms in total. The standard InChI is InChI=1S/C21H24BrN5O/c1-3-18-20(27-14-15(22)4-9-19(27)24-18)21(28)23-16-5-7-17(8-6-16)26-12-10-25(2)11-13-26/h4-9,14H,3,10-13H2,1-2H3,(H,23,28). The van der Waals surface area contributed by atoms with Gasteiger partial charge in [-0.2, -0.15) is 0 Å². The minimum Gasteiger partial charge on any atom is -0.369 e. The lowest BCUT2D eigenvalue weighted by Gasteiger charge is -2.34. The number of aryl methyl sites for hydroxylation is 1. The van der Waals surface area contributed by atoms with Gasteiger partial charge in [-0.15, -0.1) is 0 Å². The van der Waals surface area contributed by atoms with Crippen molar-refractivity contribution in [2.75, 3.05) is 43.4 Å². The largest absolute Gasteiger partial charge is 0.369 e. The highest BCUT2D eigenvalue weighted by Crippen LogP contribution is 2.22. The van der Waals surface area contributed by atoms with E-state index in [2.05, 4.69) is 55.2 Å². The zero-order chi connectivity index (χ0) is 19.7. The number of benzene rings is 1. The third kappa shape index (κ3) is 3.77. The second kappa shape index (κ2) is 7.93. The van der Waals surface area contributed by atoms with E-state index in [1.54, 1.807) is 0 Å². The normalized spacial score (nSPS) is 15.2. The van der Waals surface area contributed by atoms with Crippen LogP contribution < -0.4 is 10.2 Å². The zero-order valence-electron chi connectivity index (χ0n) is 16.2. The van der Waals surface area contributed by atoms with Crippen LogP contribution in [0.25, 0.3) is 5.65 Å². The first-order chi connectivity index (χ1) is 13.5. The Morgan fingerprint density at radius 2 is 1.82 bits per heavy atom. The van der Waals surface area contributed by atoms with Crippen molar-refractivity contribution < 1.29 is 4.79 Å². The van der Waals surface area contributed by atoms with Crippen LogP contribution >= 0.6 is 15.9 Å². The fourth-order valence-electron chi connectivity index (χ4n) is 3.56. The Morgan fingerprint density at radius 3 is 2.50 bits per heavy atom. The van der Waals surface area contributed by atoms with Gasteiger partial charge in [-0.05, 0) is 65.8 Å². The maximum Gasteiger partial charge on any atom is 0.274 e. The summed E-state index contributed by atoms with van der Waals surface area (Å²) >= 11 is 3.48. The van der Waals surface area contributed by atoms with E-state index in [-0.39, 0.29) is 5.91 Å². The van der Waals surface area contributed by atoms with Gasteiger partial charge in [-0.25, -0.2) is 4.98 Å². The van der Waals surface area contributed by atoms with Crippen LogP contribution in [0.15, 0.2) is 47.1 Å². The summed E-state index contributed by atoms with van der Waals surface area (Å²) < 4.78 is 2.75. The number of halogens is 1. The predicted molar refractivity (Wildman–Crippen MR) is 116 cm³/mol. The molecule has 146 valence electrons. The number of nitrogens with zero attached hydrogens (tertiary/aromatic N) is 4. The summed E-state index contributed by atoms with van der Waals surface area (Å²) in [7, 11) is 2.15. The molecular weight excluding hydrogens is 418 g/mol. The quantitative estimate of drug-likeness (QED) is 0.670. The topological polar surface area (TPSA) is 52.9 Å². The van der Waals surface area contributed by atoms with E-state index in [1.807, 2.05) is 41.8 Å². The number of carbonyl (C=O) groups excluding carboxylic acids is 1. The third-order valence-electron chi connectivity index (χ3n) is 5.20. The number of pyridine rings is 1. The molecule has 4 rings (SSSR count). The van der Waals surface area contributed by atoms with Crippen LogP contribution in [0.2, 0.25) is 0 Å². The summed E-state index contributed by atoms with van der Waals surface area (Å²) in [6.45, 7) is 6.21. The third-order valence-corrected chi connectivity index (χ3v) is 5.67. The number of piperazine rings is 1. The van der Waals surface area contributed by atoms with Gasteiger partial charge in [0, 0.05) is 48.2 Å². The molecular formula is C21H24BrN5O. The molecule has 7 heteroatoms. The highest BCUT2D eigenvalue weighted by atomic mass is 79.9. The molecule has 0 atom stereocenters. The highest BCUT2D eigenvalue weighted by Gasteiger charge is 2.19. The van der Waals surface area contributed by atoms with Gasteiger partial charge in [0.15, 0.2) is 0 Å². The van der Waals surface area contributed by atoms with E-state index >= 15 is 0 Å². The number of imidazole rings is 1. The summed E-state index contributed by atoms with van der Waals surface area (Å²) in [6.07, 6.45) is 2.58. The number of hydrogen-bond donors (Lipinski definition) is 1. The molecule has 0 spiro atoms. The van der Waals surface area contributed by atoms with E-state index in [0.717, 1.165) is 47.7 Å². The number of carbonyl (C=O) groups is 1. The van der Waals surface area contributed by atoms with Crippen molar-refractivity contribution in [2.24, 2.45) is 0 Å². The van der Waals surface area contributed by atoms with Crippen LogP contribution in [0.4, 0.5) is 11.4 Å². The molecule has 1 saturated heterocycles. The molecule has 2 aromatic heterocycles. The maximum absolute atomic E-state index is 13.0. The Bertz CT molecular complexity index is 990. The van der Waals surface area contributed by atoms with Gasteiger partial charge in [0.05, 0.1) is 5.69 Å². The van der Waals surface area contributed by atoms with Gasteiger partial charge < -0.3 is 15.1 Å². The minimum atomic E-state index is -0.144. The molecule has 28 heavy (non-hydrogen) atoms. The fraction of sp³-hybridized carbons (Fsp3) is 0.333. The monoisotopic (exact) mass is 441 g/mol. The minimum absolute atomic E-state index is 0.144. The first-order valence-electron chi connectivity index (χ1n) is 9.56. The van der Waals surface area contributed by atoms with Gasteiger partial charge in [0.2, 0.25) is 0 Å².